The zero-order chi connectivity index (χ0) is 16.8. The average Bonchev–Trinajstić information content (AvgIpc) is 2.59. The minimum absolute atomic E-state index is 0.246. The maximum atomic E-state index is 12.2. The molecule has 1 aromatic rings. The number of piperidine rings is 1. The molecule has 2 N–H and O–H groups in total. The molecule has 2 rings (SSSR count). The summed E-state index contributed by atoms with van der Waals surface area (Å²) in [7, 11) is 3.14. The van der Waals surface area contributed by atoms with E-state index in [1.54, 1.807) is 37.3 Å². The number of carboxylic acids is 1. The summed E-state index contributed by atoms with van der Waals surface area (Å²) >= 11 is 0. The number of urea groups is 1. The van der Waals surface area contributed by atoms with E-state index in [0.29, 0.717) is 30.9 Å². The van der Waals surface area contributed by atoms with Gasteiger partial charge in [-0.3, -0.25) is 4.79 Å². The topological polar surface area (TPSA) is 88.1 Å². The molecular weight excluding hydrogens is 300 g/mol. The van der Waals surface area contributed by atoms with Gasteiger partial charge in [-0.25, -0.2) is 4.79 Å². The molecule has 0 radical (unpaired) electrons. The molecule has 1 aromatic carbocycles. The molecule has 0 saturated carbocycles. The van der Waals surface area contributed by atoms with Crippen LogP contribution in [0.15, 0.2) is 18.2 Å². The fourth-order valence-corrected chi connectivity index (χ4v) is 2.67. The molecule has 1 atom stereocenters. The molecule has 7 heteroatoms. The number of likely N-dealkylation sites (tertiary alicyclic amines) is 1. The number of amides is 2. The Bertz CT molecular complexity index is 576. The smallest absolute Gasteiger partial charge is 0.317 e. The number of hydrogen-bond acceptors (Lipinski definition) is 4. The second-order valence-electron chi connectivity index (χ2n) is 5.46. The molecular formula is C16H22N2O5. The van der Waals surface area contributed by atoms with Crippen molar-refractivity contribution in [1.29, 1.82) is 0 Å². The lowest BCUT2D eigenvalue weighted by Crippen LogP contribution is -2.46. The van der Waals surface area contributed by atoms with Gasteiger partial charge in [-0.15, -0.1) is 0 Å². The van der Waals surface area contributed by atoms with Gasteiger partial charge in [0.25, 0.3) is 0 Å². The number of aliphatic carboxylic acids is 1. The molecule has 126 valence electrons. The van der Waals surface area contributed by atoms with Crippen molar-refractivity contribution >= 4 is 12.0 Å². The van der Waals surface area contributed by atoms with Crippen molar-refractivity contribution in [1.82, 2.24) is 10.2 Å². The molecule has 0 aromatic heterocycles. The van der Waals surface area contributed by atoms with Crippen molar-refractivity contribution < 1.29 is 24.2 Å². The molecule has 1 unspecified atom stereocenters. The summed E-state index contributed by atoms with van der Waals surface area (Å²) in [6.07, 6.45) is 1.32. The minimum Gasteiger partial charge on any atom is -0.497 e. The summed E-state index contributed by atoms with van der Waals surface area (Å²) in [5.41, 5.74) is 0.798. The fraction of sp³-hybridized carbons (Fsp3) is 0.500. The number of carboxylic acid groups (broad SMARTS) is 1. The van der Waals surface area contributed by atoms with Crippen LogP contribution in [0.1, 0.15) is 18.4 Å². The Labute approximate surface area is 135 Å². The zero-order valence-corrected chi connectivity index (χ0v) is 13.4. The average molecular weight is 322 g/mol. The maximum Gasteiger partial charge on any atom is 0.317 e. The van der Waals surface area contributed by atoms with E-state index in [0.717, 1.165) is 5.56 Å². The lowest BCUT2D eigenvalue weighted by molar-refractivity contribution is -0.143. The first-order valence-electron chi connectivity index (χ1n) is 7.51. The molecule has 1 saturated heterocycles. The molecule has 1 heterocycles. The fourth-order valence-electron chi connectivity index (χ4n) is 2.67. The lowest BCUT2D eigenvalue weighted by atomic mass is 9.99. The number of rotatable bonds is 5. The third kappa shape index (κ3) is 4.28. The van der Waals surface area contributed by atoms with Crippen LogP contribution in [0.3, 0.4) is 0 Å². The van der Waals surface area contributed by atoms with Crippen molar-refractivity contribution in [3.63, 3.8) is 0 Å². The Morgan fingerprint density at radius 1 is 1.35 bits per heavy atom. The number of carbonyl (C=O) groups is 2. The molecule has 1 aliphatic heterocycles. The van der Waals surface area contributed by atoms with Gasteiger partial charge in [0, 0.05) is 25.2 Å². The van der Waals surface area contributed by atoms with Gasteiger partial charge >= 0.3 is 12.0 Å². The van der Waals surface area contributed by atoms with Crippen LogP contribution < -0.4 is 14.8 Å². The van der Waals surface area contributed by atoms with Crippen LogP contribution in [-0.2, 0) is 11.3 Å². The second-order valence-corrected chi connectivity index (χ2v) is 5.46. The van der Waals surface area contributed by atoms with Gasteiger partial charge in [-0.2, -0.15) is 0 Å². The number of nitrogens with zero attached hydrogens (tertiary/aromatic N) is 1. The van der Waals surface area contributed by atoms with Crippen LogP contribution in [-0.4, -0.2) is 49.3 Å². The first-order chi connectivity index (χ1) is 11.0. The van der Waals surface area contributed by atoms with Gasteiger partial charge < -0.3 is 24.8 Å². The highest BCUT2D eigenvalue weighted by molar-refractivity contribution is 5.76. The Morgan fingerprint density at radius 3 is 2.78 bits per heavy atom. The standard InChI is InChI=1S/C16H22N2O5/c1-22-13-5-6-14(23-2)12(8-13)9-17-16(21)18-7-3-4-11(10-18)15(19)20/h5-6,8,11H,3-4,7,9-10H2,1-2H3,(H,17,21)(H,19,20). The number of methoxy groups -OCH3 is 2. The van der Waals surface area contributed by atoms with Gasteiger partial charge in [0.05, 0.1) is 20.1 Å². The molecule has 0 spiro atoms. The lowest BCUT2D eigenvalue weighted by Gasteiger charge is -2.30. The molecule has 0 aliphatic carbocycles. The highest BCUT2D eigenvalue weighted by atomic mass is 16.5. The van der Waals surface area contributed by atoms with Gasteiger partial charge in [0.2, 0.25) is 0 Å². The number of nitrogens with one attached hydrogen (secondary N) is 1. The van der Waals surface area contributed by atoms with E-state index in [-0.39, 0.29) is 19.1 Å². The Morgan fingerprint density at radius 2 is 2.13 bits per heavy atom. The Balaban J connectivity index is 1.97. The number of benzene rings is 1. The number of hydrogen-bond donors (Lipinski definition) is 2. The van der Waals surface area contributed by atoms with Gasteiger partial charge in [-0.1, -0.05) is 0 Å². The predicted octanol–water partition coefficient (Wildman–Crippen LogP) is 1.71. The van der Waals surface area contributed by atoms with E-state index in [4.69, 9.17) is 14.6 Å². The van der Waals surface area contributed by atoms with E-state index < -0.39 is 11.9 Å². The van der Waals surface area contributed by atoms with E-state index in [1.807, 2.05) is 0 Å². The first-order valence-corrected chi connectivity index (χ1v) is 7.51. The molecule has 0 bridgehead atoms. The van der Waals surface area contributed by atoms with Crippen LogP contribution >= 0.6 is 0 Å². The summed E-state index contributed by atoms with van der Waals surface area (Å²) in [5.74, 6) is 0.00457. The highest BCUT2D eigenvalue weighted by Gasteiger charge is 2.28. The summed E-state index contributed by atoms with van der Waals surface area (Å²) in [5, 5.41) is 11.9. The quantitative estimate of drug-likeness (QED) is 0.861. The van der Waals surface area contributed by atoms with E-state index in [1.165, 1.54) is 0 Å². The van der Waals surface area contributed by atoms with Crippen LogP contribution in [0, 0.1) is 5.92 Å². The van der Waals surface area contributed by atoms with Gasteiger partial charge in [-0.05, 0) is 31.0 Å². The van der Waals surface area contributed by atoms with E-state index in [9.17, 15) is 9.59 Å². The molecule has 2 amide bonds. The maximum absolute atomic E-state index is 12.2. The van der Waals surface area contributed by atoms with Crippen molar-refractivity contribution in [3.05, 3.63) is 23.8 Å². The third-order valence-electron chi connectivity index (χ3n) is 3.98. The van der Waals surface area contributed by atoms with Crippen molar-refractivity contribution in [2.24, 2.45) is 5.92 Å². The summed E-state index contributed by atoms with van der Waals surface area (Å²) < 4.78 is 10.4. The highest BCUT2D eigenvalue weighted by Crippen LogP contribution is 2.24. The normalized spacial score (nSPS) is 17.5. The molecule has 23 heavy (non-hydrogen) atoms. The molecule has 1 aliphatic rings. The van der Waals surface area contributed by atoms with Crippen LogP contribution in [0.2, 0.25) is 0 Å². The van der Waals surface area contributed by atoms with Gasteiger partial charge in [0.1, 0.15) is 11.5 Å². The first kappa shape index (κ1) is 16.9. The summed E-state index contributed by atoms with van der Waals surface area (Å²) in [6.45, 7) is 1.11. The van der Waals surface area contributed by atoms with E-state index in [2.05, 4.69) is 5.32 Å². The number of carbonyl (C=O) groups excluding carboxylic acids is 1. The predicted molar refractivity (Wildman–Crippen MR) is 83.7 cm³/mol. The van der Waals surface area contributed by atoms with Crippen molar-refractivity contribution in [2.45, 2.75) is 19.4 Å². The Hall–Kier alpha value is -2.44. The van der Waals surface area contributed by atoms with Crippen molar-refractivity contribution in [3.8, 4) is 11.5 Å². The van der Waals surface area contributed by atoms with Gasteiger partial charge in [0.15, 0.2) is 0 Å². The minimum atomic E-state index is -0.850. The monoisotopic (exact) mass is 322 g/mol. The van der Waals surface area contributed by atoms with Crippen LogP contribution in [0.5, 0.6) is 11.5 Å². The molecule has 1 fully saturated rings. The van der Waals surface area contributed by atoms with Crippen LogP contribution in [0.4, 0.5) is 4.79 Å². The summed E-state index contributed by atoms with van der Waals surface area (Å²) in [4.78, 5) is 24.9. The largest absolute Gasteiger partial charge is 0.497 e. The van der Waals surface area contributed by atoms with Crippen molar-refractivity contribution in [2.75, 3.05) is 27.3 Å². The number of ether oxygens (including phenoxy) is 2. The third-order valence-corrected chi connectivity index (χ3v) is 3.98. The van der Waals surface area contributed by atoms with E-state index >= 15 is 0 Å². The SMILES string of the molecule is COc1ccc(OC)c(CNC(=O)N2CCCC(C(=O)O)C2)c1. The summed E-state index contributed by atoms with van der Waals surface area (Å²) in [6, 6.07) is 5.10. The molecule has 7 nitrogen and oxygen atoms in total. The Kier molecular flexibility index (Phi) is 5.67. The second kappa shape index (κ2) is 7.71. The van der Waals surface area contributed by atoms with Crippen LogP contribution in [0.25, 0.3) is 0 Å². The zero-order valence-electron chi connectivity index (χ0n) is 13.4.